The Bertz CT molecular complexity index is 396. The fourth-order valence-electron chi connectivity index (χ4n) is 2.80. The van der Waals surface area contributed by atoms with Crippen LogP contribution in [0.3, 0.4) is 0 Å². The molecule has 0 aromatic heterocycles. The Morgan fingerprint density at radius 1 is 1.18 bits per heavy atom. The third-order valence-corrected chi connectivity index (χ3v) is 3.84. The van der Waals surface area contributed by atoms with E-state index in [0.29, 0.717) is 5.56 Å². The van der Waals surface area contributed by atoms with Crippen LogP contribution < -0.4 is 0 Å². The van der Waals surface area contributed by atoms with Gasteiger partial charge >= 0.3 is 5.97 Å². The van der Waals surface area contributed by atoms with Crippen molar-refractivity contribution in [3.8, 4) is 0 Å². The van der Waals surface area contributed by atoms with Gasteiger partial charge in [-0.2, -0.15) is 0 Å². The third kappa shape index (κ3) is 2.20. The summed E-state index contributed by atoms with van der Waals surface area (Å²) in [6.07, 6.45) is 3.55. The summed E-state index contributed by atoms with van der Waals surface area (Å²) >= 11 is 0. The predicted octanol–water partition coefficient (Wildman–Crippen LogP) is 2.29. The van der Waals surface area contributed by atoms with Gasteiger partial charge < -0.3 is 4.74 Å². The van der Waals surface area contributed by atoms with Gasteiger partial charge in [0.2, 0.25) is 0 Å². The van der Waals surface area contributed by atoms with E-state index in [1.54, 1.807) is 12.1 Å². The quantitative estimate of drug-likeness (QED) is 0.731. The Hall–Kier alpha value is -1.35. The van der Waals surface area contributed by atoms with E-state index in [-0.39, 0.29) is 12.2 Å². The minimum Gasteiger partial charge on any atom is -0.443 e. The molecule has 1 atom stereocenters. The van der Waals surface area contributed by atoms with E-state index in [2.05, 4.69) is 4.90 Å². The fraction of sp³-hybridized carbons (Fsp3) is 0.500. The number of hydrogen-bond acceptors (Lipinski definition) is 3. The zero-order valence-corrected chi connectivity index (χ0v) is 9.84. The highest BCUT2D eigenvalue weighted by Gasteiger charge is 2.35. The second kappa shape index (κ2) is 4.49. The van der Waals surface area contributed by atoms with Crippen molar-refractivity contribution in [2.75, 3.05) is 13.1 Å². The SMILES string of the molecule is O=C(O[C@H]1CC2CCN1CC2)c1ccccc1. The number of esters is 1. The van der Waals surface area contributed by atoms with Crippen molar-refractivity contribution in [1.29, 1.82) is 0 Å². The first kappa shape index (κ1) is 10.8. The molecule has 0 N–H and O–H groups in total. The van der Waals surface area contributed by atoms with Gasteiger partial charge in [-0.15, -0.1) is 0 Å². The summed E-state index contributed by atoms with van der Waals surface area (Å²) in [5.74, 6) is 0.566. The number of carbonyl (C=O) groups excluding carboxylic acids is 1. The lowest BCUT2D eigenvalue weighted by molar-refractivity contribution is -0.0900. The highest BCUT2D eigenvalue weighted by Crippen LogP contribution is 2.32. The van der Waals surface area contributed by atoms with Gasteiger partial charge in [0.25, 0.3) is 0 Å². The number of hydrogen-bond donors (Lipinski definition) is 0. The summed E-state index contributed by atoms with van der Waals surface area (Å²) in [7, 11) is 0. The molecule has 0 amide bonds. The molecule has 3 saturated heterocycles. The summed E-state index contributed by atoms with van der Waals surface area (Å²) in [6, 6.07) is 9.24. The summed E-state index contributed by atoms with van der Waals surface area (Å²) in [6.45, 7) is 2.16. The monoisotopic (exact) mass is 231 g/mol. The van der Waals surface area contributed by atoms with Crippen LogP contribution in [-0.2, 0) is 4.74 Å². The number of fused-ring (bicyclic) bond motifs is 3. The van der Waals surface area contributed by atoms with Gasteiger partial charge in [0, 0.05) is 19.5 Å². The molecule has 1 aromatic rings. The number of nitrogens with zero attached hydrogens (tertiary/aromatic N) is 1. The minimum atomic E-state index is -0.192. The molecule has 17 heavy (non-hydrogen) atoms. The van der Waals surface area contributed by atoms with Crippen LogP contribution in [0.2, 0.25) is 0 Å². The van der Waals surface area contributed by atoms with Gasteiger partial charge in [-0.05, 0) is 30.9 Å². The number of carbonyl (C=O) groups is 1. The van der Waals surface area contributed by atoms with E-state index in [1.165, 1.54) is 12.8 Å². The van der Waals surface area contributed by atoms with Crippen LogP contribution in [-0.4, -0.2) is 30.2 Å². The Kier molecular flexibility index (Phi) is 2.85. The average molecular weight is 231 g/mol. The molecule has 0 saturated carbocycles. The van der Waals surface area contributed by atoms with Crippen molar-refractivity contribution in [3.63, 3.8) is 0 Å². The van der Waals surface area contributed by atoms with Gasteiger partial charge in [0.05, 0.1) is 5.56 Å². The maximum atomic E-state index is 11.9. The van der Waals surface area contributed by atoms with Gasteiger partial charge in [-0.3, -0.25) is 4.90 Å². The van der Waals surface area contributed by atoms with Crippen molar-refractivity contribution in [1.82, 2.24) is 4.90 Å². The number of rotatable bonds is 2. The maximum Gasteiger partial charge on any atom is 0.339 e. The van der Waals surface area contributed by atoms with Crippen LogP contribution in [0.5, 0.6) is 0 Å². The molecule has 0 radical (unpaired) electrons. The Balaban J connectivity index is 1.66. The molecule has 0 unspecified atom stereocenters. The topological polar surface area (TPSA) is 29.5 Å². The molecule has 3 aliphatic rings. The summed E-state index contributed by atoms with van der Waals surface area (Å²) < 4.78 is 5.60. The Morgan fingerprint density at radius 2 is 1.88 bits per heavy atom. The molecule has 3 heterocycles. The zero-order chi connectivity index (χ0) is 11.7. The largest absolute Gasteiger partial charge is 0.443 e. The van der Waals surface area contributed by atoms with Crippen LogP contribution in [0.15, 0.2) is 30.3 Å². The van der Waals surface area contributed by atoms with Crippen molar-refractivity contribution >= 4 is 5.97 Å². The van der Waals surface area contributed by atoms with Gasteiger partial charge in [0.15, 0.2) is 6.23 Å². The van der Waals surface area contributed by atoms with E-state index < -0.39 is 0 Å². The number of benzene rings is 1. The lowest BCUT2D eigenvalue weighted by Gasteiger charge is -2.44. The van der Waals surface area contributed by atoms with E-state index in [9.17, 15) is 4.79 Å². The minimum absolute atomic E-state index is 0.00945. The molecule has 3 fully saturated rings. The highest BCUT2D eigenvalue weighted by molar-refractivity contribution is 5.89. The normalized spacial score (nSPS) is 31.2. The standard InChI is InChI=1S/C14H17NO2/c16-14(12-4-2-1-3-5-12)17-13-10-11-6-8-15(13)9-7-11/h1-5,11,13H,6-10H2/t13-/m0/s1. The van der Waals surface area contributed by atoms with E-state index >= 15 is 0 Å². The third-order valence-electron chi connectivity index (χ3n) is 3.84. The van der Waals surface area contributed by atoms with Crippen LogP contribution in [0.4, 0.5) is 0 Å². The molecule has 3 aliphatic heterocycles. The number of ether oxygens (including phenoxy) is 1. The second-order valence-electron chi connectivity index (χ2n) is 4.94. The Morgan fingerprint density at radius 3 is 2.47 bits per heavy atom. The summed E-state index contributed by atoms with van der Waals surface area (Å²) in [5.41, 5.74) is 0.648. The first-order valence-corrected chi connectivity index (χ1v) is 6.33. The summed E-state index contributed by atoms with van der Waals surface area (Å²) in [4.78, 5) is 14.2. The van der Waals surface area contributed by atoms with Crippen molar-refractivity contribution in [3.05, 3.63) is 35.9 Å². The van der Waals surface area contributed by atoms with Gasteiger partial charge in [0.1, 0.15) is 0 Å². The fourth-order valence-corrected chi connectivity index (χ4v) is 2.80. The predicted molar refractivity (Wildman–Crippen MR) is 64.6 cm³/mol. The van der Waals surface area contributed by atoms with Crippen LogP contribution in [0.1, 0.15) is 29.6 Å². The van der Waals surface area contributed by atoms with Gasteiger partial charge in [-0.25, -0.2) is 4.79 Å². The van der Waals surface area contributed by atoms with E-state index in [4.69, 9.17) is 4.74 Å². The van der Waals surface area contributed by atoms with Crippen LogP contribution in [0, 0.1) is 5.92 Å². The zero-order valence-electron chi connectivity index (χ0n) is 9.84. The molecular formula is C14H17NO2. The first-order valence-electron chi connectivity index (χ1n) is 6.33. The molecule has 3 heteroatoms. The molecule has 90 valence electrons. The summed E-state index contributed by atoms with van der Waals surface area (Å²) in [5, 5.41) is 0. The molecule has 3 nitrogen and oxygen atoms in total. The van der Waals surface area contributed by atoms with Crippen LogP contribution in [0.25, 0.3) is 0 Å². The molecule has 4 rings (SSSR count). The molecular weight excluding hydrogens is 214 g/mol. The lowest BCUT2D eigenvalue weighted by Crippen LogP contribution is -2.50. The van der Waals surface area contributed by atoms with Crippen molar-refractivity contribution < 1.29 is 9.53 Å². The van der Waals surface area contributed by atoms with Crippen LogP contribution >= 0.6 is 0 Å². The molecule has 2 bridgehead atoms. The average Bonchev–Trinajstić information content (AvgIpc) is 2.41. The maximum absolute atomic E-state index is 11.9. The van der Waals surface area contributed by atoms with Crippen molar-refractivity contribution in [2.45, 2.75) is 25.5 Å². The first-order chi connectivity index (χ1) is 8.33. The van der Waals surface area contributed by atoms with Crippen molar-refractivity contribution in [2.24, 2.45) is 5.92 Å². The second-order valence-corrected chi connectivity index (χ2v) is 4.94. The van der Waals surface area contributed by atoms with E-state index in [0.717, 1.165) is 25.4 Å². The van der Waals surface area contributed by atoms with Gasteiger partial charge in [-0.1, -0.05) is 18.2 Å². The lowest BCUT2D eigenvalue weighted by atomic mass is 9.87. The molecule has 0 aliphatic carbocycles. The number of piperidine rings is 3. The molecule has 0 spiro atoms. The molecule has 1 aromatic carbocycles. The highest BCUT2D eigenvalue weighted by atomic mass is 16.6. The van der Waals surface area contributed by atoms with E-state index in [1.807, 2.05) is 18.2 Å². The Labute approximate surface area is 101 Å². The smallest absolute Gasteiger partial charge is 0.339 e.